The molecule has 22 heavy (non-hydrogen) atoms. The summed E-state index contributed by atoms with van der Waals surface area (Å²) in [4.78, 5) is 24.4. The maximum Gasteiger partial charge on any atom is 0.422 e. The summed E-state index contributed by atoms with van der Waals surface area (Å²) >= 11 is 0. The van der Waals surface area contributed by atoms with Crippen LogP contribution in [0, 0.1) is 5.92 Å². The van der Waals surface area contributed by atoms with Gasteiger partial charge in [-0.15, -0.1) is 0 Å². The summed E-state index contributed by atoms with van der Waals surface area (Å²) in [5.74, 6) is -1.84. The number of likely N-dealkylation sites (tertiary alicyclic amines) is 1. The number of carboxylic acids is 1. The van der Waals surface area contributed by atoms with Crippen LogP contribution in [0.5, 0.6) is 5.75 Å². The van der Waals surface area contributed by atoms with Gasteiger partial charge in [-0.05, 0) is 30.7 Å². The third kappa shape index (κ3) is 4.12. The van der Waals surface area contributed by atoms with E-state index in [-0.39, 0.29) is 23.8 Å². The number of carbonyl (C=O) groups excluding carboxylic acids is 1. The Balaban J connectivity index is 1.96. The minimum atomic E-state index is -4.42. The van der Waals surface area contributed by atoms with Gasteiger partial charge in [0.25, 0.3) is 5.91 Å². The lowest BCUT2D eigenvalue weighted by Gasteiger charge is -2.16. The van der Waals surface area contributed by atoms with Crippen LogP contribution in [0.1, 0.15) is 16.8 Å². The van der Waals surface area contributed by atoms with Gasteiger partial charge in [0.2, 0.25) is 0 Å². The Bertz CT molecular complexity index is 556. The van der Waals surface area contributed by atoms with E-state index in [4.69, 9.17) is 5.11 Å². The Morgan fingerprint density at radius 2 is 1.91 bits per heavy atom. The maximum atomic E-state index is 12.2. The highest BCUT2D eigenvalue weighted by Gasteiger charge is 2.31. The molecule has 1 heterocycles. The minimum Gasteiger partial charge on any atom is -0.484 e. The van der Waals surface area contributed by atoms with Crippen molar-refractivity contribution in [2.24, 2.45) is 5.92 Å². The number of rotatable bonds is 4. The molecule has 0 radical (unpaired) electrons. The molecule has 2 rings (SSSR count). The second-order valence-electron chi connectivity index (χ2n) is 5.00. The van der Waals surface area contributed by atoms with Gasteiger partial charge in [0.05, 0.1) is 5.92 Å². The molecule has 1 fully saturated rings. The zero-order valence-corrected chi connectivity index (χ0v) is 11.5. The average Bonchev–Trinajstić information content (AvgIpc) is 2.94. The van der Waals surface area contributed by atoms with Crippen LogP contribution >= 0.6 is 0 Å². The monoisotopic (exact) mass is 317 g/mol. The predicted octanol–water partition coefficient (Wildman–Crippen LogP) is 2.17. The number of carbonyl (C=O) groups is 2. The lowest BCUT2D eigenvalue weighted by atomic mass is 10.1. The topological polar surface area (TPSA) is 66.8 Å². The van der Waals surface area contributed by atoms with Crippen molar-refractivity contribution in [2.75, 3.05) is 19.7 Å². The normalized spacial score (nSPS) is 18.3. The minimum absolute atomic E-state index is 0.0127. The second kappa shape index (κ2) is 6.25. The lowest BCUT2D eigenvalue weighted by Crippen LogP contribution is -2.29. The van der Waals surface area contributed by atoms with Crippen LogP contribution in [-0.4, -0.2) is 47.8 Å². The van der Waals surface area contributed by atoms with Crippen molar-refractivity contribution < 1.29 is 32.6 Å². The molecule has 8 heteroatoms. The number of hydrogen-bond donors (Lipinski definition) is 1. The van der Waals surface area contributed by atoms with Gasteiger partial charge in [-0.25, -0.2) is 0 Å². The fourth-order valence-electron chi connectivity index (χ4n) is 2.19. The van der Waals surface area contributed by atoms with Crippen molar-refractivity contribution in [2.45, 2.75) is 12.6 Å². The molecule has 1 aromatic rings. The number of ether oxygens (including phenoxy) is 1. The Labute approximate surface area is 124 Å². The van der Waals surface area contributed by atoms with Crippen LogP contribution < -0.4 is 4.74 Å². The highest BCUT2D eigenvalue weighted by Crippen LogP contribution is 2.22. The Morgan fingerprint density at radius 1 is 1.27 bits per heavy atom. The van der Waals surface area contributed by atoms with E-state index in [9.17, 15) is 22.8 Å². The summed E-state index contributed by atoms with van der Waals surface area (Å²) in [6.45, 7) is -0.907. The van der Waals surface area contributed by atoms with Crippen molar-refractivity contribution in [3.63, 3.8) is 0 Å². The Hall–Kier alpha value is -2.25. The highest BCUT2D eigenvalue weighted by atomic mass is 19.4. The molecule has 5 nitrogen and oxygen atoms in total. The number of aliphatic carboxylic acids is 1. The lowest BCUT2D eigenvalue weighted by molar-refractivity contribution is -0.153. The van der Waals surface area contributed by atoms with Crippen LogP contribution in [-0.2, 0) is 4.79 Å². The summed E-state index contributed by atoms with van der Waals surface area (Å²) < 4.78 is 40.6. The van der Waals surface area contributed by atoms with Crippen LogP contribution in [0.15, 0.2) is 24.3 Å². The van der Waals surface area contributed by atoms with E-state index in [1.165, 1.54) is 29.2 Å². The molecule has 1 atom stereocenters. The second-order valence-corrected chi connectivity index (χ2v) is 5.00. The SMILES string of the molecule is O=C(O)C1CCN(C(=O)c2ccc(OCC(F)(F)F)cc2)C1. The Morgan fingerprint density at radius 3 is 2.41 bits per heavy atom. The third-order valence-corrected chi connectivity index (χ3v) is 3.33. The molecular weight excluding hydrogens is 303 g/mol. The van der Waals surface area contributed by atoms with E-state index in [1.54, 1.807) is 0 Å². The Kier molecular flexibility index (Phi) is 4.58. The number of amides is 1. The first-order valence-electron chi connectivity index (χ1n) is 6.58. The smallest absolute Gasteiger partial charge is 0.422 e. The zero-order valence-electron chi connectivity index (χ0n) is 11.5. The fraction of sp³-hybridized carbons (Fsp3) is 0.429. The van der Waals surface area contributed by atoms with Crippen molar-refractivity contribution >= 4 is 11.9 Å². The quantitative estimate of drug-likeness (QED) is 0.924. The highest BCUT2D eigenvalue weighted by molar-refractivity contribution is 5.94. The first-order valence-corrected chi connectivity index (χ1v) is 6.58. The molecule has 1 aliphatic heterocycles. The standard InChI is InChI=1S/C14H14F3NO4/c15-14(16,17)8-22-11-3-1-9(2-4-11)12(19)18-6-5-10(7-18)13(20)21/h1-4,10H,5-8H2,(H,20,21). The maximum absolute atomic E-state index is 12.2. The molecule has 1 aromatic carbocycles. The molecule has 0 bridgehead atoms. The van der Waals surface area contributed by atoms with Crippen molar-refractivity contribution in [1.82, 2.24) is 4.90 Å². The average molecular weight is 317 g/mol. The number of carboxylic acid groups (broad SMARTS) is 1. The molecule has 1 unspecified atom stereocenters. The molecule has 120 valence electrons. The van der Waals surface area contributed by atoms with Gasteiger partial charge in [-0.2, -0.15) is 13.2 Å². The molecule has 0 aliphatic carbocycles. The third-order valence-electron chi connectivity index (χ3n) is 3.33. The van der Waals surface area contributed by atoms with Crippen molar-refractivity contribution in [3.8, 4) is 5.75 Å². The summed E-state index contributed by atoms with van der Waals surface area (Å²) in [5, 5.41) is 8.90. The van der Waals surface area contributed by atoms with Gasteiger partial charge in [0, 0.05) is 18.7 Å². The van der Waals surface area contributed by atoms with E-state index >= 15 is 0 Å². The number of alkyl halides is 3. The van der Waals surface area contributed by atoms with Gasteiger partial charge >= 0.3 is 12.1 Å². The van der Waals surface area contributed by atoms with E-state index in [0.717, 1.165) is 0 Å². The zero-order chi connectivity index (χ0) is 16.3. The largest absolute Gasteiger partial charge is 0.484 e. The molecule has 0 spiro atoms. The summed E-state index contributed by atoms with van der Waals surface area (Å²) in [5.41, 5.74) is 0.283. The van der Waals surface area contributed by atoms with Gasteiger partial charge in [-0.1, -0.05) is 0 Å². The van der Waals surface area contributed by atoms with Crippen LogP contribution in [0.4, 0.5) is 13.2 Å². The molecule has 1 aliphatic rings. The number of nitrogens with zero attached hydrogens (tertiary/aromatic N) is 1. The number of halogens is 3. The van der Waals surface area contributed by atoms with E-state index in [1.807, 2.05) is 0 Å². The first-order chi connectivity index (χ1) is 10.3. The van der Waals surface area contributed by atoms with E-state index in [0.29, 0.717) is 13.0 Å². The van der Waals surface area contributed by atoms with E-state index < -0.39 is 24.7 Å². The van der Waals surface area contributed by atoms with Crippen molar-refractivity contribution in [1.29, 1.82) is 0 Å². The van der Waals surface area contributed by atoms with Gasteiger partial charge < -0.3 is 14.7 Å². The van der Waals surface area contributed by atoms with E-state index in [2.05, 4.69) is 4.74 Å². The summed E-state index contributed by atoms with van der Waals surface area (Å²) in [6, 6.07) is 5.29. The summed E-state index contributed by atoms with van der Waals surface area (Å²) in [7, 11) is 0. The number of hydrogen-bond acceptors (Lipinski definition) is 3. The van der Waals surface area contributed by atoms with Crippen LogP contribution in [0.25, 0.3) is 0 Å². The molecular formula is C14H14F3NO4. The van der Waals surface area contributed by atoms with Crippen molar-refractivity contribution in [3.05, 3.63) is 29.8 Å². The summed E-state index contributed by atoms with van der Waals surface area (Å²) in [6.07, 6.45) is -4.02. The first kappa shape index (κ1) is 16.1. The molecule has 1 N–H and O–H groups in total. The molecule has 0 saturated carbocycles. The van der Waals surface area contributed by atoms with Crippen LogP contribution in [0.2, 0.25) is 0 Å². The molecule has 1 saturated heterocycles. The molecule has 1 amide bonds. The fourth-order valence-corrected chi connectivity index (χ4v) is 2.19. The van der Waals surface area contributed by atoms with Crippen LogP contribution in [0.3, 0.4) is 0 Å². The number of benzene rings is 1. The van der Waals surface area contributed by atoms with Gasteiger partial charge in [0.15, 0.2) is 6.61 Å². The van der Waals surface area contributed by atoms with Gasteiger partial charge in [0.1, 0.15) is 5.75 Å². The molecule has 0 aromatic heterocycles. The van der Waals surface area contributed by atoms with Gasteiger partial charge in [-0.3, -0.25) is 9.59 Å². The predicted molar refractivity (Wildman–Crippen MR) is 69.6 cm³/mol.